The number of nitrogens with zero attached hydrogens (tertiary/aromatic N) is 8. The highest BCUT2D eigenvalue weighted by molar-refractivity contribution is 5.67. The maximum absolute atomic E-state index is 4.79. The number of piperazine rings is 1. The zero-order valence-electron chi connectivity index (χ0n) is 22.0. The molecule has 2 fully saturated rings. The molecule has 1 N–H and O–H groups in total. The number of hydrogen-bond donors (Lipinski definition) is 1. The van der Waals surface area contributed by atoms with Crippen molar-refractivity contribution in [2.45, 2.75) is 26.2 Å². The first-order valence-corrected chi connectivity index (χ1v) is 13.7. The molecule has 0 atom stereocenters. The molecular formula is C29H35N9. The van der Waals surface area contributed by atoms with Gasteiger partial charge in [0.1, 0.15) is 6.33 Å². The van der Waals surface area contributed by atoms with Gasteiger partial charge in [0.15, 0.2) is 0 Å². The number of rotatable bonds is 7. The van der Waals surface area contributed by atoms with E-state index >= 15 is 0 Å². The van der Waals surface area contributed by atoms with Crippen LogP contribution in [0.2, 0.25) is 0 Å². The van der Waals surface area contributed by atoms with Gasteiger partial charge in [0.25, 0.3) is 0 Å². The zero-order valence-corrected chi connectivity index (χ0v) is 22.0. The fourth-order valence-corrected chi connectivity index (χ4v) is 5.21. The first kappa shape index (κ1) is 24.4. The highest BCUT2D eigenvalue weighted by atomic mass is 15.4. The van der Waals surface area contributed by atoms with Crippen LogP contribution in [0.4, 0.5) is 23.3 Å². The van der Waals surface area contributed by atoms with Crippen LogP contribution in [0.3, 0.4) is 0 Å². The second-order valence-electron chi connectivity index (χ2n) is 9.95. The van der Waals surface area contributed by atoms with Gasteiger partial charge >= 0.3 is 0 Å². The Morgan fingerprint density at radius 1 is 0.789 bits per heavy atom. The number of benzene rings is 2. The van der Waals surface area contributed by atoms with E-state index in [0.29, 0.717) is 5.95 Å². The Balaban J connectivity index is 1.12. The number of aromatic nitrogens is 5. The minimum absolute atomic E-state index is 0.577. The van der Waals surface area contributed by atoms with Crippen molar-refractivity contribution >= 4 is 23.3 Å². The maximum Gasteiger partial charge on any atom is 0.245 e. The van der Waals surface area contributed by atoms with Gasteiger partial charge < -0.3 is 20.0 Å². The second-order valence-corrected chi connectivity index (χ2v) is 9.95. The number of nitrogens with one attached hydrogen (secondary N) is 1. The minimum Gasteiger partial charge on any atom is -0.372 e. The lowest BCUT2D eigenvalue weighted by atomic mass is 10.1. The van der Waals surface area contributed by atoms with Crippen LogP contribution in [0.1, 0.15) is 26.2 Å². The van der Waals surface area contributed by atoms with Crippen LogP contribution in [0.5, 0.6) is 0 Å². The summed E-state index contributed by atoms with van der Waals surface area (Å²) in [4.78, 5) is 21.0. The summed E-state index contributed by atoms with van der Waals surface area (Å²) < 4.78 is 1.83. The molecule has 0 radical (unpaired) electrons. The molecule has 4 aromatic rings. The molecule has 2 aliphatic heterocycles. The smallest absolute Gasteiger partial charge is 0.245 e. The van der Waals surface area contributed by atoms with Gasteiger partial charge in [0, 0.05) is 62.4 Å². The Morgan fingerprint density at radius 3 is 2.39 bits per heavy atom. The molecule has 6 rings (SSSR count). The molecule has 2 saturated heterocycles. The van der Waals surface area contributed by atoms with Crippen molar-refractivity contribution in [3.8, 4) is 16.9 Å². The summed E-state index contributed by atoms with van der Waals surface area (Å²) in [5.41, 5.74) is 5.17. The molecule has 2 aromatic heterocycles. The van der Waals surface area contributed by atoms with Gasteiger partial charge in [-0.1, -0.05) is 19.1 Å². The van der Waals surface area contributed by atoms with Crippen LogP contribution in [0, 0.1) is 0 Å². The number of hydrogen-bond acceptors (Lipinski definition) is 8. The van der Waals surface area contributed by atoms with Gasteiger partial charge in [-0.15, -0.1) is 5.10 Å². The molecule has 0 aliphatic carbocycles. The van der Waals surface area contributed by atoms with Gasteiger partial charge in [0.05, 0.1) is 11.4 Å². The van der Waals surface area contributed by atoms with Crippen LogP contribution in [-0.2, 0) is 0 Å². The molecule has 0 bridgehead atoms. The van der Waals surface area contributed by atoms with E-state index in [9.17, 15) is 0 Å². The topological polar surface area (TPSA) is 78.2 Å². The fraction of sp³-hybridized carbons (Fsp3) is 0.379. The number of likely N-dealkylation sites (N-methyl/N-ethyl adjacent to an activating group) is 1. The van der Waals surface area contributed by atoms with Crippen molar-refractivity contribution in [1.82, 2.24) is 29.6 Å². The van der Waals surface area contributed by atoms with Crippen molar-refractivity contribution in [1.29, 1.82) is 0 Å². The summed E-state index contributed by atoms with van der Waals surface area (Å²) in [7, 11) is 0. The van der Waals surface area contributed by atoms with E-state index in [1.807, 2.05) is 41.2 Å². The number of piperidine rings is 1. The largest absolute Gasteiger partial charge is 0.372 e. The molecule has 0 unspecified atom stereocenters. The lowest BCUT2D eigenvalue weighted by Gasteiger charge is -2.33. The molecule has 9 nitrogen and oxygen atoms in total. The quantitative estimate of drug-likeness (QED) is 0.387. The van der Waals surface area contributed by atoms with Crippen LogP contribution < -0.4 is 15.1 Å². The molecular weight excluding hydrogens is 474 g/mol. The first-order valence-electron chi connectivity index (χ1n) is 13.7. The Morgan fingerprint density at radius 2 is 1.61 bits per heavy atom. The minimum atomic E-state index is 0.577. The summed E-state index contributed by atoms with van der Waals surface area (Å²) >= 11 is 0. The molecule has 2 aliphatic rings. The molecule has 9 heteroatoms. The normalized spacial score (nSPS) is 16.6. The summed E-state index contributed by atoms with van der Waals surface area (Å²) in [5.74, 6) is 1.37. The Kier molecular flexibility index (Phi) is 7.17. The van der Waals surface area contributed by atoms with Crippen LogP contribution >= 0.6 is 0 Å². The SMILES string of the molecule is CCN1CCN(c2ncn(-c3ccc(Nc4nccc(-c5cccc(N6CCCCC6)c5)n4)cc3)n2)CC1. The molecule has 0 amide bonds. The van der Waals surface area contributed by atoms with E-state index < -0.39 is 0 Å². The van der Waals surface area contributed by atoms with Gasteiger partial charge in [-0.3, -0.25) is 0 Å². The van der Waals surface area contributed by atoms with Gasteiger partial charge in [-0.05, 0) is 68.3 Å². The van der Waals surface area contributed by atoms with Crippen LogP contribution in [-0.4, -0.2) is 75.4 Å². The predicted octanol–water partition coefficient (Wildman–Crippen LogP) is 4.60. The van der Waals surface area contributed by atoms with Crippen molar-refractivity contribution in [2.24, 2.45) is 0 Å². The van der Waals surface area contributed by atoms with Crippen molar-refractivity contribution in [3.05, 3.63) is 67.1 Å². The summed E-state index contributed by atoms with van der Waals surface area (Å²) in [5, 5.41) is 8.07. The van der Waals surface area contributed by atoms with Gasteiger partial charge in [0.2, 0.25) is 11.9 Å². The Labute approximate surface area is 224 Å². The zero-order chi connectivity index (χ0) is 25.7. The third kappa shape index (κ3) is 5.47. The van der Waals surface area contributed by atoms with E-state index in [-0.39, 0.29) is 0 Å². The van der Waals surface area contributed by atoms with Crippen molar-refractivity contribution < 1.29 is 0 Å². The van der Waals surface area contributed by atoms with Crippen molar-refractivity contribution in [2.75, 3.05) is 60.9 Å². The third-order valence-electron chi connectivity index (χ3n) is 7.49. The highest BCUT2D eigenvalue weighted by Gasteiger charge is 2.19. The molecule has 0 saturated carbocycles. The predicted molar refractivity (Wildman–Crippen MR) is 153 cm³/mol. The van der Waals surface area contributed by atoms with E-state index in [4.69, 9.17) is 10.1 Å². The van der Waals surface area contributed by atoms with E-state index in [1.165, 1.54) is 24.9 Å². The van der Waals surface area contributed by atoms with Crippen LogP contribution in [0.15, 0.2) is 67.1 Å². The lowest BCUT2D eigenvalue weighted by Crippen LogP contribution is -2.46. The van der Waals surface area contributed by atoms with Gasteiger partial charge in [-0.2, -0.15) is 4.98 Å². The standard InChI is InChI=1S/C29H35N9/c1-2-35-17-19-37(20-18-35)29-31-22-38(34-29)25-11-9-24(10-12-25)32-28-30-14-13-27(33-28)23-7-6-8-26(21-23)36-15-4-3-5-16-36/h6-14,21-22H,2-5,15-20H2,1H3,(H,30,32,33). The van der Waals surface area contributed by atoms with Gasteiger partial charge in [-0.25, -0.2) is 14.6 Å². The lowest BCUT2D eigenvalue weighted by molar-refractivity contribution is 0.270. The molecule has 2 aromatic carbocycles. The average molecular weight is 510 g/mol. The van der Waals surface area contributed by atoms with Crippen molar-refractivity contribution in [3.63, 3.8) is 0 Å². The summed E-state index contributed by atoms with van der Waals surface area (Å²) in [6, 6.07) is 18.7. The average Bonchev–Trinajstić information content (AvgIpc) is 3.49. The summed E-state index contributed by atoms with van der Waals surface area (Å²) in [6.07, 6.45) is 7.45. The Hall–Kier alpha value is -3.98. The Bertz CT molecular complexity index is 1340. The second kappa shape index (κ2) is 11.2. The third-order valence-corrected chi connectivity index (χ3v) is 7.49. The first-order chi connectivity index (χ1) is 18.7. The fourth-order valence-electron chi connectivity index (χ4n) is 5.21. The molecule has 4 heterocycles. The number of anilines is 4. The molecule has 0 spiro atoms. The van der Waals surface area contributed by atoms with E-state index in [1.54, 1.807) is 6.33 Å². The van der Waals surface area contributed by atoms with Crippen LogP contribution in [0.25, 0.3) is 16.9 Å². The maximum atomic E-state index is 4.79. The van der Waals surface area contributed by atoms with E-state index in [2.05, 4.69) is 61.2 Å². The summed E-state index contributed by atoms with van der Waals surface area (Å²) in [6.45, 7) is 9.59. The highest BCUT2D eigenvalue weighted by Crippen LogP contribution is 2.26. The molecule has 196 valence electrons. The molecule has 38 heavy (non-hydrogen) atoms. The van der Waals surface area contributed by atoms with E-state index in [0.717, 1.165) is 74.4 Å². The monoisotopic (exact) mass is 509 g/mol.